The van der Waals surface area contributed by atoms with E-state index in [1.807, 2.05) is 5.38 Å². The minimum atomic E-state index is 0.309. The number of hydrogen-bond acceptors (Lipinski definition) is 4. The van der Waals surface area contributed by atoms with Crippen molar-refractivity contribution in [3.8, 4) is 0 Å². The van der Waals surface area contributed by atoms with Crippen molar-refractivity contribution >= 4 is 22.9 Å². The molecule has 5 heteroatoms. The van der Waals surface area contributed by atoms with E-state index in [1.54, 1.807) is 11.3 Å². The van der Waals surface area contributed by atoms with Crippen LogP contribution in [0.3, 0.4) is 0 Å². The van der Waals surface area contributed by atoms with E-state index in [9.17, 15) is 0 Å². The molecule has 1 aliphatic heterocycles. The van der Waals surface area contributed by atoms with Crippen molar-refractivity contribution in [3.05, 3.63) is 21.3 Å². The van der Waals surface area contributed by atoms with Crippen LogP contribution in [0.2, 0.25) is 5.02 Å². The molecule has 102 valence electrons. The van der Waals surface area contributed by atoms with Crippen molar-refractivity contribution in [2.24, 2.45) is 5.73 Å². The Hall–Kier alpha value is -0.130. The topological polar surface area (TPSA) is 32.5 Å². The number of nitrogens with two attached hydrogens (primary N) is 1. The third-order valence-corrected chi connectivity index (χ3v) is 5.02. The smallest absolute Gasteiger partial charge is 0.0567 e. The van der Waals surface area contributed by atoms with Gasteiger partial charge in [0.2, 0.25) is 0 Å². The standard InChI is InChI=1S/C13H22ClN3S/c1-10-8-16(2)4-3-5-17(10)12(7-15)13-6-11(14)9-18-13/h6,9-10,12H,3-5,7-8,15H2,1-2H3. The molecule has 1 saturated heterocycles. The summed E-state index contributed by atoms with van der Waals surface area (Å²) in [7, 11) is 2.19. The molecule has 1 aliphatic rings. The Morgan fingerprint density at radius 3 is 2.94 bits per heavy atom. The highest BCUT2D eigenvalue weighted by Crippen LogP contribution is 2.30. The summed E-state index contributed by atoms with van der Waals surface area (Å²) in [5.74, 6) is 0. The second-order valence-electron chi connectivity index (χ2n) is 5.12. The van der Waals surface area contributed by atoms with Crippen LogP contribution in [0.25, 0.3) is 0 Å². The minimum Gasteiger partial charge on any atom is -0.329 e. The molecule has 0 radical (unpaired) electrons. The summed E-state index contributed by atoms with van der Waals surface area (Å²) in [5.41, 5.74) is 6.00. The Morgan fingerprint density at radius 2 is 2.33 bits per heavy atom. The zero-order valence-electron chi connectivity index (χ0n) is 11.1. The van der Waals surface area contributed by atoms with Gasteiger partial charge in [0, 0.05) is 35.9 Å². The molecule has 0 aliphatic carbocycles. The summed E-state index contributed by atoms with van der Waals surface area (Å²) in [6.45, 7) is 6.34. The number of halogens is 1. The summed E-state index contributed by atoms with van der Waals surface area (Å²) in [4.78, 5) is 6.23. The van der Waals surface area contributed by atoms with Gasteiger partial charge >= 0.3 is 0 Å². The first-order valence-electron chi connectivity index (χ1n) is 6.50. The summed E-state index contributed by atoms with van der Waals surface area (Å²) in [6, 6.07) is 2.90. The Labute approximate surface area is 119 Å². The Balaban J connectivity index is 2.15. The molecule has 0 spiro atoms. The van der Waals surface area contributed by atoms with Gasteiger partial charge in [-0.25, -0.2) is 0 Å². The van der Waals surface area contributed by atoms with Gasteiger partial charge in [-0.3, -0.25) is 4.90 Å². The number of hydrogen-bond donors (Lipinski definition) is 1. The average Bonchev–Trinajstić information content (AvgIpc) is 2.67. The molecule has 2 heterocycles. The fraction of sp³-hybridized carbons (Fsp3) is 0.692. The summed E-state index contributed by atoms with van der Waals surface area (Å²) >= 11 is 7.75. The van der Waals surface area contributed by atoms with Crippen LogP contribution in [-0.2, 0) is 0 Å². The normalized spacial score (nSPS) is 25.0. The predicted molar refractivity (Wildman–Crippen MR) is 79.4 cm³/mol. The number of likely N-dealkylation sites (N-methyl/N-ethyl adjacent to an activating group) is 1. The molecule has 2 atom stereocenters. The average molecular weight is 288 g/mol. The van der Waals surface area contributed by atoms with Gasteiger partial charge < -0.3 is 10.6 Å². The lowest BCUT2D eigenvalue weighted by Gasteiger charge is -2.34. The van der Waals surface area contributed by atoms with Gasteiger partial charge in [0.1, 0.15) is 0 Å². The first-order chi connectivity index (χ1) is 8.61. The summed E-state index contributed by atoms with van der Waals surface area (Å²) in [5, 5.41) is 2.82. The van der Waals surface area contributed by atoms with E-state index in [0.29, 0.717) is 18.6 Å². The van der Waals surface area contributed by atoms with E-state index in [4.69, 9.17) is 17.3 Å². The van der Waals surface area contributed by atoms with Crippen molar-refractivity contribution < 1.29 is 0 Å². The summed E-state index contributed by atoms with van der Waals surface area (Å²) < 4.78 is 0. The molecule has 0 amide bonds. The van der Waals surface area contributed by atoms with E-state index in [-0.39, 0.29) is 0 Å². The van der Waals surface area contributed by atoms with E-state index in [0.717, 1.165) is 18.1 Å². The van der Waals surface area contributed by atoms with Gasteiger partial charge in [-0.1, -0.05) is 11.6 Å². The monoisotopic (exact) mass is 287 g/mol. The van der Waals surface area contributed by atoms with Crippen LogP contribution >= 0.6 is 22.9 Å². The van der Waals surface area contributed by atoms with Crippen LogP contribution in [0.1, 0.15) is 24.3 Å². The maximum Gasteiger partial charge on any atom is 0.0567 e. The first-order valence-corrected chi connectivity index (χ1v) is 7.76. The van der Waals surface area contributed by atoms with Gasteiger partial charge in [-0.15, -0.1) is 11.3 Å². The van der Waals surface area contributed by atoms with Crippen LogP contribution in [0.15, 0.2) is 11.4 Å². The van der Waals surface area contributed by atoms with Crippen molar-refractivity contribution in [1.82, 2.24) is 9.80 Å². The molecule has 3 nitrogen and oxygen atoms in total. The van der Waals surface area contributed by atoms with Crippen molar-refractivity contribution in [2.75, 3.05) is 33.2 Å². The molecule has 0 saturated carbocycles. The van der Waals surface area contributed by atoms with Crippen LogP contribution in [-0.4, -0.2) is 49.1 Å². The molecule has 1 fully saturated rings. The van der Waals surface area contributed by atoms with E-state index < -0.39 is 0 Å². The second-order valence-corrected chi connectivity index (χ2v) is 6.50. The molecule has 0 aromatic carbocycles. The van der Waals surface area contributed by atoms with Gasteiger partial charge in [-0.05, 0) is 33.0 Å². The van der Waals surface area contributed by atoms with Crippen LogP contribution < -0.4 is 5.73 Å². The van der Waals surface area contributed by atoms with Gasteiger partial charge in [-0.2, -0.15) is 0 Å². The van der Waals surface area contributed by atoms with Crippen molar-refractivity contribution in [2.45, 2.75) is 25.4 Å². The molecule has 2 rings (SSSR count). The lowest BCUT2D eigenvalue weighted by molar-refractivity contribution is 0.148. The fourth-order valence-corrected chi connectivity index (χ4v) is 3.99. The zero-order chi connectivity index (χ0) is 13.1. The van der Waals surface area contributed by atoms with Crippen LogP contribution in [0.5, 0.6) is 0 Å². The first kappa shape index (κ1) is 14.3. The Kier molecular flexibility index (Phi) is 5.04. The van der Waals surface area contributed by atoms with Gasteiger partial charge in [0.25, 0.3) is 0 Å². The molecule has 1 aromatic heterocycles. The van der Waals surface area contributed by atoms with E-state index in [1.165, 1.54) is 17.8 Å². The number of nitrogens with zero attached hydrogens (tertiary/aromatic N) is 2. The molecule has 1 aromatic rings. The molecule has 2 unspecified atom stereocenters. The third-order valence-electron chi connectivity index (χ3n) is 3.64. The van der Waals surface area contributed by atoms with Crippen molar-refractivity contribution in [1.29, 1.82) is 0 Å². The molecule has 18 heavy (non-hydrogen) atoms. The highest BCUT2D eigenvalue weighted by atomic mass is 35.5. The van der Waals surface area contributed by atoms with Gasteiger partial charge in [0.05, 0.1) is 11.1 Å². The predicted octanol–water partition coefficient (Wildman–Crippen LogP) is 2.43. The number of rotatable bonds is 3. The highest BCUT2D eigenvalue weighted by molar-refractivity contribution is 7.10. The van der Waals surface area contributed by atoms with E-state index in [2.05, 4.69) is 29.8 Å². The van der Waals surface area contributed by atoms with Crippen LogP contribution in [0.4, 0.5) is 0 Å². The number of thiophene rings is 1. The highest BCUT2D eigenvalue weighted by Gasteiger charge is 2.27. The zero-order valence-corrected chi connectivity index (χ0v) is 12.7. The van der Waals surface area contributed by atoms with Crippen molar-refractivity contribution in [3.63, 3.8) is 0 Å². The summed E-state index contributed by atoms with van der Waals surface area (Å²) in [6.07, 6.45) is 1.20. The van der Waals surface area contributed by atoms with E-state index >= 15 is 0 Å². The largest absolute Gasteiger partial charge is 0.329 e. The Bertz CT molecular complexity index is 382. The lowest BCUT2D eigenvalue weighted by Crippen LogP contribution is -2.42. The molecular weight excluding hydrogens is 266 g/mol. The van der Waals surface area contributed by atoms with Crippen LogP contribution in [0, 0.1) is 0 Å². The Morgan fingerprint density at radius 1 is 1.56 bits per heavy atom. The maximum atomic E-state index is 6.04. The lowest BCUT2D eigenvalue weighted by atomic mass is 10.1. The maximum absolute atomic E-state index is 6.04. The molecule has 2 N–H and O–H groups in total. The fourth-order valence-electron chi connectivity index (χ4n) is 2.77. The minimum absolute atomic E-state index is 0.309. The third kappa shape index (κ3) is 3.25. The molecular formula is C13H22ClN3S. The van der Waals surface area contributed by atoms with Gasteiger partial charge in [0.15, 0.2) is 0 Å². The quantitative estimate of drug-likeness (QED) is 0.927. The SMILES string of the molecule is CC1CN(C)CCCN1C(CN)c1cc(Cl)cs1. The second kappa shape index (κ2) is 6.35. The molecule has 0 bridgehead atoms.